The van der Waals surface area contributed by atoms with Gasteiger partial charge in [0.05, 0.1) is 45.3 Å². The molecule has 9 N–H and O–H groups in total. The Balaban J connectivity index is 0.830. The number of fused-ring (bicyclic) bond motifs is 4. The molecule has 0 unspecified atom stereocenters. The molecule has 11 rings (SSSR count). The lowest BCUT2D eigenvalue weighted by Gasteiger charge is -2.21. The van der Waals surface area contributed by atoms with Crippen molar-refractivity contribution in [2.75, 3.05) is 27.9 Å². The molecule has 34 heteroatoms. The molecule has 0 saturated carbocycles. The lowest BCUT2D eigenvalue weighted by atomic mass is 10.1. The summed E-state index contributed by atoms with van der Waals surface area (Å²) >= 11 is 14.2. The van der Waals surface area contributed by atoms with Gasteiger partial charge in [-0.05, 0) is 143 Å². The van der Waals surface area contributed by atoms with Crippen molar-refractivity contribution < 1.29 is 65.4 Å². The summed E-state index contributed by atoms with van der Waals surface area (Å²) in [6.45, 7) is 3.67. The predicted octanol–water partition coefficient (Wildman–Crippen LogP) is 15.2. The Morgan fingerprint density at radius 1 is 0.528 bits per heavy atom. The van der Waals surface area contributed by atoms with Crippen molar-refractivity contribution >= 4 is 180 Å². The Kier molecular flexibility index (Phi) is 17.7. The first-order valence-corrected chi connectivity index (χ1v) is 30.5. The fourth-order valence-electron chi connectivity index (χ4n) is 9.45. The molecule has 0 bridgehead atoms. The average Bonchev–Trinajstić information content (AvgIpc) is 0.883. The Morgan fingerprint density at radius 3 is 1.72 bits per heavy atom. The standard InChI is InChI=1S/C55H40Cl2N14O14S4/c1-26-8-6-10-36-32(26)18-20-39(48(36)87-85-83-75)67-69-44-42(86-84-82-74)24-28-22-30(14-16-34(28)46(44)72)59-53-63-51(57)64-55(66-53)71(3)41-13-5-4-12-38(41)60-54-62-50(56)61-52(65-54)58-31-15-17-35-29(23-31)25-43(88(76,77)78)45(47(35)73)70-68-40-21-19-33-27(2)9-7-11-37(33)49(40)89(79,80)81/h4-25,72-75H,1-3H3,(H,76,77,78)(H,79,80,81)(H,59,63,64,66)(H2,58,60,61,62,65). The van der Waals surface area contributed by atoms with E-state index in [0.717, 1.165) is 22.4 Å². The van der Waals surface area contributed by atoms with Gasteiger partial charge in [-0.2, -0.15) is 46.7 Å². The number of hydrogen-bond donors (Lipinski definition) is 9. The number of phenols is 2. The number of hydrogen-bond acceptors (Lipinski definition) is 28. The van der Waals surface area contributed by atoms with Crippen molar-refractivity contribution in [3.8, 4) is 11.5 Å². The summed E-state index contributed by atoms with van der Waals surface area (Å²) in [7, 11) is -8.39. The third-order valence-corrected chi connectivity index (χ3v) is 16.9. The van der Waals surface area contributed by atoms with E-state index in [1.165, 1.54) is 36.4 Å². The van der Waals surface area contributed by atoms with Crippen LogP contribution >= 0.6 is 47.3 Å². The highest BCUT2D eigenvalue weighted by Gasteiger charge is 2.26. The summed E-state index contributed by atoms with van der Waals surface area (Å²) in [4.78, 5) is 26.9. The SMILES string of the molecule is Cc1cccc2c(SOOO)c(N=Nc3c(SOOO)cc4cc(Nc5nc(Cl)nc(N(C)c6ccccc6Nc6nc(Cl)nc(Nc7ccc8c(O)c(N=Nc9ccc%10c(C)cccc%10c9S(=O)(=O)O)c(S(=O)(=O)O)cc8c7)n6)n5)ccc4c3O)ccc12. The third kappa shape index (κ3) is 13.2. The van der Waals surface area contributed by atoms with E-state index in [1.807, 2.05) is 31.2 Å². The quantitative estimate of drug-likeness (QED) is 0.0112. The number of azo groups is 2. The number of anilines is 8. The van der Waals surface area contributed by atoms with Crippen molar-refractivity contribution in [3.63, 3.8) is 0 Å². The monoisotopic (exact) mass is 1320 g/mol. The maximum atomic E-state index is 12.8. The Bertz CT molecular complexity index is 4970. The van der Waals surface area contributed by atoms with E-state index >= 15 is 0 Å². The molecule has 0 spiro atoms. The number of rotatable bonds is 20. The van der Waals surface area contributed by atoms with Crippen molar-refractivity contribution in [2.45, 2.75) is 33.4 Å². The zero-order valence-corrected chi connectivity index (χ0v) is 50.2. The van der Waals surface area contributed by atoms with E-state index < -0.39 is 41.5 Å². The first-order chi connectivity index (χ1) is 42.6. The second-order valence-corrected chi connectivity index (χ2v) is 23.8. The highest BCUT2D eigenvalue weighted by Crippen LogP contribution is 2.47. The van der Waals surface area contributed by atoms with Gasteiger partial charge in [0.1, 0.15) is 32.5 Å². The van der Waals surface area contributed by atoms with Gasteiger partial charge in [-0.25, -0.2) is 10.5 Å². The fraction of sp³-hybridized carbons (Fsp3) is 0.0545. The maximum absolute atomic E-state index is 12.8. The normalized spacial score (nSPS) is 12.1. The minimum atomic E-state index is -5.13. The molecule has 28 nitrogen and oxygen atoms in total. The van der Waals surface area contributed by atoms with Gasteiger partial charge < -0.3 is 31.1 Å². The third-order valence-electron chi connectivity index (χ3n) is 13.4. The van der Waals surface area contributed by atoms with Crippen molar-refractivity contribution in [1.82, 2.24) is 29.9 Å². The average molecular weight is 1320 g/mol. The molecule has 0 fully saturated rings. The van der Waals surface area contributed by atoms with Gasteiger partial charge in [0, 0.05) is 40.0 Å². The van der Waals surface area contributed by atoms with Gasteiger partial charge in [-0.1, -0.05) is 70.7 Å². The van der Waals surface area contributed by atoms with Crippen LogP contribution in [0.15, 0.2) is 173 Å². The predicted molar refractivity (Wildman–Crippen MR) is 332 cm³/mol. The number of aromatic hydroxyl groups is 2. The van der Waals surface area contributed by atoms with Crippen LogP contribution in [0.2, 0.25) is 10.6 Å². The van der Waals surface area contributed by atoms with Crippen LogP contribution in [0.5, 0.6) is 11.5 Å². The van der Waals surface area contributed by atoms with Crippen molar-refractivity contribution in [1.29, 1.82) is 0 Å². The molecule has 0 saturated heterocycles. The zero-order valence-electron chi connectivity index (χ0n) is 45.5. The van der Waals surface area contributed by atoms with Gasteiger partial charge in [0.25, 0.3) is 20.2 Å². The summed E-state index contributed by atoms with van der Waals surface area (Å²) in [6.07, 6.45) is 0. The number of aromatic nitrogens is 6. The molecule has 0 aliphatic carbocycles. The lowest BCUT2D eigenvalue weighted by Crippen LogP contribution is -2.16. The molecule has 0 aliphatic rings. The van der Waals surface area contributed by atoms with Crippen LogP contribution in [0, 0.1) is 13.8 Å². The first-order valence-electron chi connectivity index (χ1n) is 25.3. The lowest BCUT2D eigenvalue weighted by molar-refractivity contribution is -0.432. The van der Waals surface area contributed by atoms with Gasteiger partial charge >= 0.3 is 0 Å². The molecule has 11 aromatic rings. The summed E-state index contributed by atoms with van der Waals surface area (Å²) in [5.41, 5.74) is 2.37. The highest BCUT2D eigenvalue weighted by atomic mass is 35.5. The second-order valence-electron chi connectivity index (χ2n) is 18.9. The topological polar surface area (TPSA) is 393 Å². The molecular formula is C55H40Cl2N14O14S4. The van der Waals surface area contributed by atoms with Crippen LogP contribution in [0.25, 0.3) is 43.1 Å². The number of nitrogens with zero attached hydrogens (tertiary/aromatic N) is 11. The Hall–Kier alpha value is -9.10. The Morgan fingerprint density at radius 2 is 1.07 bits per heavy atom. The zero-order chi connectivity index (χ0) is 62.9. The largest absolute Gasteiger partial charge is 0.505 e. The molecule has 2 heterocycles. The molecular weight excluding hydrogens is 1280 g/mol. The molecule has 0 atom stereocenters. The number of phenolic OH excluding ortho intramolecular Hbond substituents is 2. The van der Waals surface area contributed by atoms with E-state index in [-0.39, 0.29) is 78.2 Å². The highest BCUT2D eigenvalue weighted by molar-refractivity contribution is 7.95. The van der Waals surface area contributed by atoms with Crippen molar-refractivity contribution in [3.05, 3.63) is 155 Å². The van der Waals surface area contributed by atoms with Crippen LogP contribution in [0.1, 0.15) is 11.1 Å². The van der Waals surface area contributed by atoms with E-state index in [1.54, 1.807) is 85.6 Å². The second kappa shape index (κ2) is 25.5. The van der Waals surface area contributed by atoms with Gasteiger partial charge in [-0.3, -0.25) is 9.11 Å². The fourth-order valence-corrected chi connectivity index (χ4v) is 12.3. The molecule has 0 radical (unpaired) electrons. The summed E-state index contributed by atoms with van der Waals surface area (Å²) in [5, 5.41) is 77.3. The van der Waals surface area contributed by atoms with Crippen LogP contribution in [-0.2, 0) is 39.0 Å². The number of aryl methyl sites for hydroxylation is 2. The molecule has 0 aliphatic heterocycles. The van der Waals surface area contributed by atoms with Crippen molar-refractivity contribution in [2.24, 2.45) is 20.5 Å². The van der Waals surface area contributed by atoms with Gasteiger partial charge in [0.15, 0.2) is 11.5 Å². The molecule has 9 aromatic carbocycles. The minimum absolute atomic E-state index is 0.0145. The van der Waals surface area contributed by atoms with E-state index in [2.05, 4.69) is 76.4 Å². The van der Waals surface area contributed by atoms with E-state index in [0.29, 0.717) is 73.5 Å². The molecule has 2 aromatic heterocycles. The van der Waals surface area contributed by atoms with Crippen LogP contribution in [0.4, 0.5) is 69.3 Å². The van der Waals surface area contributed by atoms with Crippen LogP contribution < -0.4 is 20.9 Å². The number of nitrogens with one attached hydrogen (secondary N) is 3. The molecule has 452 valence electrons. The number of para-hydroxylation sites is 2. The summed E-state index contributed by atoms with van der Waals surface area (Å²) in [5.74, 6) is -1.11. The summed E-state index contributed by atoms with van der Waals surface area (Å²) in [6, 6.07) is 35.4. The van der Waals surface area contributed by atoms with Crippen LogP contribution in [-0.4, -0.2) is 83.6 Å². The smallest absolute Gasteiger partial charge is 0.297 e. The van der Waals surface area contributed by atoms with E-state index in [9.17, 15) is 36.2 Å². The Labute approximate surface area is 520 Å². The van der Waals surface area contributed by atoms with Gasteiger partial charge in [-0.15, -0.1) is 29.1 Å². The number of benzene rings is 9. The molecule has 0 amide bonds. The van der Waals surface area contributed by atoms with Gasteiger partial charge in [0.2, 0.25) is 34.4 Å². The molecule has 89 heavy (non-hydrogen) atoms. The first kappa shape index (κ1) is 61.5. The maximum Gasteiger partial charge on any atom is 0.297 e. The van der Waals surface area contributed by atoms with E-state index in [4.69, 9.17) is 42.4 Å². The minimum Gasteiger partial charge on any atom is -0.505 e. The summed E-state index contributed by atoms with van der Waals surface area (Å²) < 4.78 is 81.0. The number of halogens is 2. The van der Waals surface area contributed by atoms with Crippen LogP contribution in [0.3, 0.4) is 0 Å².